The first-order valence-electron chi connectivity index (χ1n) is 11.8. The molecular weight excluding hydrogens is 488 g/mol. The molecule has 0 aliphatic carbocycles. The Morgan fingerprint density at radius 3 is 2.68 bits per heavy atom. The Hall–Kier alpha value is -4.28. The first kappa shape index (κ1) is 24.4. The van der Waals surface area contributed by atoms with Crippen molar-refractivity contribution in [1.82, 2.24) is 19.9 Å². The van der Waals surface area contributed by atoms with E-state index in [9.17, 15) is 9.59 Å². The standard InChI is InChI=1S/C27H26N6O3S/c1-17-29-16-23(36-17)24-10-11-25(37-24)26(35)32-27-31-20-14-19(8-9-21(20)33(27)13-12-28-2)30-15-22(34)18-6-4-3-5-7-18/h3-11,14,16,28,30H,12-13,15H2,1-2H3,(H,31,32,35). The average Bonchev–Trinajstić information content (AvgIpc) is 3.65. The zero-order valence-corrected chi connectivity index (χ0v) is 21.3. The molecule has 0 saturated heterocycles. The third-order valence-electron chi connectivity index (χ3n) is 5.80. The zero-order chi connectivity index (χ0) is 25.8. The second-order valence-corrected chi connectivity index (χ2v) is 9.48. The van der Waals surface area contributed by atoms with E-state index >= 15 is 0 Å². The van der Waals surface area contributed by atoms with E-state index in [1.165, 1.54) is 11.3 Å². The van der Waals surface area contributed by atoms with Crippen LogP contribution in [0.25, 0.3) is 21.7 Å². The second kappa shape index (κ2) is 10.8. The van der Waals surface area contributed by atoms with Crippen LogP contribution in [0.3, 0.4) is 0 Å². The van der Waals surface area contributed by atoms with Crippen molar-refractivity contribution in [2.75, 3.05) is 30.8 Å². The van der Waals surface area contributed by atoms with Crippen LogP contribution in [0, 0.1) is 6.92 Å². The molecule has 0 aliphatic rings. The molecule has 0 atom stereocenters. The van der Waals surface area contributed by atoms with Gasteiger partial charge in [-0.1, -0.05) is 30.3 Å². The molecule has 10 heteroatoms. The van der Waals surface area contributed by atoms with E-state index in [1.54, 1.807) is 31.3 Å². The van der Waals surface area contributed by atoms with Crippen LogP contribution in [0.1, 0.15) is 25.9 Å². The van der Waals surface area contributed by atoms with Crippen molar-refractivity contribution < 1.29 is 14.0 Å². The minimum atomic E-state index is -0.250. The molecule has 0 fully saturated rings. The second-order valence-electron chi connectivity index (χ2n) is 8.40. The van der Waals surface area contributed by atoms with Crippen LogP contribution in [0.4, 0.5) is 11.6 Å². The van der Waals surface area contributed by atoms with Gasteiger partial charge in [-0.2, -0.15) is 0 Å². The molecule has 0 aliphatic heterocycles. The van der Waals surface area contributed by atoms with E-state index < -0.39 is 0 Å². The van der Waals surface area contributed by atoms with Gasteiger partial charge in [0.15, 0.2) is 17.4 Å². The summed E-state index contributed by atoms with van der Waals surface area (Å²) in [5.41, 5.74) is 3.04. The topological polar surface area (TPSA) is 114 Å². The average molecular weight is 515 g/mol. The van der Waals surface area contributed by atoms with Gasteiger partial charge in [0.05, 0.1) is 33.5 Å². The lowest BCUT2D eigenvalue weighted by atomic mass is 10.1. The van der Waals surface area contributed by atoms with Crippen molar-refractivity contribution in [2.24, 2.45) is 0 Å². The van der Waals surface area contributed by atoms with Crippen molar-refractivity contribution in [3.05, 3.63) is 83.2 Å². The maximum absolute atomic E-state index is 13.1. The molecule has 0 saturated carbocycles. The molecule has 188 valence electrons. The molecule has 2 aromatic carbocycles. The van der Waals surface area contributed by atoms with Crippen LogP contribution in [0.2, 0.25) is 0 Å². The fourth-order valence-electron chi connectivity index (χ4n) is 3.92. The van der Waals surface area contributed by atoms with Gasteiger partial charge in [-0.15, -0.1) is 11.3 Å². The number of ketones is 1. The summed E-state index contributed by atoms with van der Waals surface area (Å²) in [5.74, 6) is 1.42. The fraction of sp³-hybridized carbons (Fsp3) is 0.185. The number of nitrogens with one attached hydrogen (secondary N) is 3. The number of aryl methyl sites for hydroxylation is 1. The lowest BCUT2D eigenvalue weighted by Crippen LogP contribution is -2.19. The van der Waals surface area contributed by atoms with Crippen molar-refractivity contribution in [1.29, 1.82) is 0 Å². The Bertz CT molecular complexity index is 1550. The van der Waals surface area contributed by atoms with E-state index in [1.807, 2.05) is 54.1 Å². The molecule has 0 spiro atoms. The van der Waals surface area contributed by atoms with Crippen LogP contribution in [-0.4, -0.2) is 46.4 Å². The van der Waals surface area contributed by atoms with Crippen molar-refractivity contribution in [3.63, 3.8) is 0 Å². The summed E-state index contributed by atoms with van der Waals surface area (Å²) in [7, 11) is 1.88. The number of carbonyl (C=O) groups excluding carboxylic acids is 2. The van der Waals surface area contributed by atoms with Crippen LogP contribution < -0.4 is 16.0 Å². The summed E-state index contributed by atoms with van der Waals surface area (Å²) in [4.78, 5) is 35.7. The number of imidazole rings is 1. The largest absolute Gasteiger partial charge is 0.440 e. The number of benzene rings is 2. The Kier molecular flexibility index (Phi) is 7.11. The Morgan fingerprint density at radius 2 is 1.92 bits per heavy atom. The summed E-state index contributed by atoms with van der Waals surface area (Å²) >= 11 is 1.33. The number of carbonyl (C=O) groups is 2. The molecule has 0 bridgehead atoms. The first-order chi connectivity index (χ1) is 18.0. The summed E-state index contributed by atoms with van der Waals surface area (Å²) < 4.78 is 7.54. The summed E-state index contributed by atoms with van der Waals surface area (Å²) in [6.07, 6.45) is 1.65. The fourth-order valence-corrected chi connectivity index (χ4v) is 4.77. The minimum Gasteiger partial charge on any atom is -0.440 e. The van der Waals surface area contributed by atoms with Gasteiger partial charge in [-0.3, -0.25) is 14.9 Å². The van der Waals surface area contributed by atoms with Crippen LogP contribution >= 0.6 is 11.3 Å². The minimum absolute atomic E-state index is 0.00371. The number of likely N-dealkylation sites (N-methyl/N-ethyl adjacent to an activating group) is 1. The lowest BCUT2D eigenvalue weighted by molar-refractivity contribution is 0.100. The van der Waals surface area contributed by atoms with Crippen molar-refractivity contribution >= 4 is 45.7 Å². The molecule has 3 aromatic heterocycles. The van der Waals surface area contributed by atoms with E-state index in [4.69, 9.17) is 9.40 Å². The predicted molar refractivity (Wildman–Crippen MR) is 145 cm³/mol. The number of fused-ring (bicyclic) bond motifs is 1. The number of nitrogens with zero attached hydrogens (tertiary/aromatic N) is 3. The van der Waals surface area contributed by atoms with Gasteiger partial charge in [-0.25, -0.2) is 9.97 Å². The van der Waals surface area contributed by atoms with Gasteiger partial charge in [0.25, 0.3) is 5.91 Å². The van der Waals surface area contributed by atoms with E-state index in [-0.39, 0.29) is 18.2 Å². The molecule has 0 unspecified atom stereocenters. The number of amides is 1. The smallest absolute Gasteiger partial charge is 0.268 e. The Labute approximate surface area is 217 Å². The predicted octanol–water partition coefficient (Wildman–Crippen LogP) is 4.83. The molecule has 0 radical (unpaired) electrons. The summed E-state index contributed by atoms with van der Waals surface area (Å²) in [6.45, 7) is 3.27. The van der Waals surface area contributed by atoms with Gasteiger partial charge in [0.1, 0.15) is 0 Å². The van der Waals surface area contributed by atoms with Crippen LogP contribution in [-0.2, 0) is 6.54 Å². The maximum Gasteiger partial charge on any atom is 0.268 e. The third kappa shape index (κ3) is 5.45. The van der Waals surface area contributed by atoms with Gasteiger partial charge in [-0.05, 0) is 37.4 Å². The highest BCUT2D eigenvalue weighted by Crippen LogP contribution is 2.30. The van der Waals surface area contributed by atoms with Crippen molar-refractivity contribution in [2.45, 2.75) is 13.5 Å². The third-order valence-corrected chi connectivity index (χ3v) is 6.90. The summed E-state index contributed by atoms with van der Waals surface area (Å²) in [5, 5.41) is 9.28. The number of aromatic nitrogens is 3. The molecule has 3 heterocycles. The highest BCUT2D eigenvalue weighted by atomic mass is 32.1. The number of anilines is 2. The molecule has 5 rings (SSSR count). The maximum atomic E-state index is 13.1. The highest BCUT2D eigenvalue weighted by molar-refractivity contribution is 7.17. The monoisotopic (exact) mass is 514 g/mol. The molecule has 3 N–H and O–H groups in total. The number of hydrogen-bond acceptors (Lipinski definition) is 8. The number of thiophene rings is 1. The Balaban J connectivity index is 1.35. The number of hydrogen-bond donors (Lipinski definition) is 3. The summed E-state index contributed by atoms with van der Waals surface area (Å²) in [6, 6.07) is 18.5. The van der Waals surface area contributed by atoms with E-state index in [0.29, 0.717) is 46.6 Å². The van der Waals surface area contributed by atoms with Crippen molar-refractivity contribution in [3.8, 4) is 10.6 Å². The SMILES string of the molecule is CNCCn1c(NC(=O)c2ccc(-c3cnc(C)o3)s2)nc2cc(NCC(=O)c3ccccc3)ccc21. The molecule has 5 aromatic rings. The Morgan fingerprint density at radius 1 is 1.08 bits per heavy atom. The quantitative estimate of drug-likeness (QED) is 0.229. The molecular formula is C27H26N6O3S. The van der Waals surface area contributed by atoms with Gasteiger partial charge < -0.3 is 19.6 Å². The lowest BCUT2D eigenvalue weighted by Gasteiger charge is -2.10. The zero-order valence-electron chi connectivity index (χ0n) is 20.4. The molecule has 1 amide bonds. The number of Topliss-reactive ketones (excluding diaryl/α,β-unsaturated/α-hetero) is 1. The van der Waals surface area contributed by atoms with Gasteiger partial charge in [0, 0.05) is 31.3 Å². The van der Waals surface area contributed by atoms with Gasteiger partial charge >= 0.3 is 0 Å². The molecule has 37 heavy (non-hydrogen) atoms. The van der Waals surface area contributed by atoms with E-state index in [0.717, 1.165) is 16.1 Å². The first-order valence-corrected chi connectivity index (χ1v) is 12.6. The normalized spacial score (nSPS) is 11.1. The number of rotatable bonds is 10. The van der Waals surface area contributed by atoms with Gasteiger partial charge in [0.2, 0.25) is 5.95 Å². The van der Waals surface area contributed by atoms with E-state index in [2.05, 4.69) is 20.9 Å². The highest BCUT2D eigenvalue weighted by Gasteiger charge is 2.18. The van der Waals surface area contributed by atoms with Crippen LogP contribution in [0.15, 0.2) is 71.3 Å². The number of oxazole rings is 1. The molecule has 9 nitrogen and oxygen atoms in total. The van der Waals surface area contributed by atoms with Crippen LogP contribution in [0.5, 0.6) is 0 Å².